The van der Waals surface area contributed by atoms with Crippen molar-refractivity contribution in [1.82, 2.24) is 0 Å². The fourth-order valence-corrected chi connectivity index (χ4v) is 14.7. The first-order valence-electron chi connectivity index (χ1n) is 24.6. The second kappa shape index (κ2) is 14.4. The molecule has 0 fully saturated rings. The predicted molar refractivity (Wildman–Crippen MR) is 295 cm³/mol. The zero-order chi connectivity index (χ0) is 46.4. The number of nitrogens with zero attached hydrogens (tertiary/aromatic N) is 1. The number of hydrogen-bond acceptors (Lipinski definition) is 3. The SMILES string of the molecule is c1ccc(C2(c3ccccc3)c3ccccc3-c3c2ccc2c3oc3cccc(N(c4ccc5c(c4)sc4ccccc45)c4cccc5c4-c4ccccc4C54c5ccccc5-c5ccccc54)c32)cc1. The lowest BCUT2D eigenvalue weighted by atomic mass is 9.67. The molecule has 16 rings (SSSR count). The van der Waals surface area contributed by atoms with E-state index >= 15 is 0 Å². The molecular weight excluding hydrogens is 879 g/mol. The van der Waals surface area contributed by atoms with Gasteiger partial charge in [0.05, 0.1) is 27.6 Å². The molecule has 2 nitrogen and oxygen atoms in total. The third-order valence-electron chi connectivity index (χ3n) is 16.2. The molecular formula is C68H41NOS. The van der Waals surface area contributed by atoms with Gasteiger partial charge in [0, 0.05) is 42.4 Å². The highest BCUT2D eigenvalue weighted by Crippen LogP contribution is 2.65. The molecule has 1 spiro atoms. The van der Waals surface area contributed by atoms with Crippen LogP contribution in [-0.2, 0) is 10.8 Å². The van der Waals surface area contributed by atoms with Crippen LogP contribution in [0.4, 0.5) is 17.1 Å². The molecule has 0 atom stereocenters. The average molecular weight is 920 g/mol. The summed E-state index contributed by atoms with van der Waals surface area (Å²) in [6.45, 7) is 0. The maximum absolute atomic E-state index is 7.37. The van der Waals surface area contributed by atoms with Gasteiger partial charge >= 0.3 is 0 Å². The van der Waals surface area contributed by atoms with Crippen LogP contribution in [0.1, 0.15) is 44.5 Å². The van der Waals surface area contributed by atoms with Gasteiger partial charge in [-0.2, -0.15) is 0 Å². The largest absolute Gasteiger partial charge is 0.455 e. The van der Waals surface area contributed by atoms with E-state index in [0.717, 1.165) is 44.6 Å². The third kappa shape index (κ3) is 4.96. The van der Waals surface area contributed by atoms with Gasteiger partial charge in [0.25, 0.3) is 0 Å². The molecule has 2 aromatic heterocycles. The van der Waals surface area contributed by atoms with Gasteiger partial charge < -0.3 is 9.32 Å². The molecule has 3 aliphatic rings. The quantitative estimate of drug-likeness (QED) is 0.171. The van der Waals surface area contributed by atoms with E-state index in [1.165, 1.54) is 92.5 Å². The predicted octanol–water partition coefficient (Wildman–Crippen LogP) is 18.1. The Labute approximate surface area is 415 Å². The maximum atomic E-state index is 7.37. The van der Waals surface area contributed by atoms with Crippen molar-refractivity contribution in [1.29, 1.82) is 0 Å². The van der Waals surface area contributed by atoms with Crippen LogP contribution in [0, 0.1) is 0 Å². The molecule has 0 radical (unpaired) electrons. The summed E-state index contributed by atoms with van der Waals surface area (Å²) in [6, 6.07) is 92.6. The fourth-order valence-electron chi connectivity index (χ4n) is 13.5. The highest BCUT2D eigenvalue weighted by Gasteiger charge is 2.53. The highest BCUT2D eigenvalue weighted by molar-refractivity contribution is 7.25. The van der Waals surface area contributed by atoms with Crippen molar-refractivity contribution < 1.29 is 4.42 Å². The molecule has 0 saturated carbocycles. The van der Waals surface area contributed by atoms with E-state index in [4.69, 9.17) is 4.42 Å². The van der Waals surface area contributed by atoms with Crippen molar-refractivity contribution >= 4 is 70.5 Å². The van der Waals surface area contributed by atoms with Crippen LogP contribution in [0.5, 0.6) is 0 Å². The van der Waals surface area contributed by atoms with Crippen molar-refractivity contribution in [2.24, 2.45) is 0 Å². The lowest BCUT2D eigenvalue weighted by molar-refractivity contribution is 0.669. The van der Waals surface area contributed by atoms with Crippen molar-refractivity contribution in [2.75, 3.05) is 4.90 Å². The first kappa shape index (κ1) is 39.1. The van der Waals surface area contributed by atoms with Crippen molar-refractivity contribution in [3.63, 3.8) is 0 Å². The number of furan rings is 1. The summed E-state index contributed by atoms with van der Waals surface area (Å²) in [7, 11) is 0. The molecule has 2 heterocycles. The first-order chi connectivity index (χ1) is 35.2. The monoisotopic (exact) mass is 919 g/mol. The summed E-state index contributed by atoms with van der Waals surface area (Å²) in [5.74, 6) is 0. The molecule has 3 heteroatoms. The minimum absolute atomic E-state index is 0.484. The zero-order valence-corrected chi connectivity index (χ0v) is 39.3. The number of thiophene rings is 1. The van der Waals surface area contributed by atoms with E-state index in [2.05, 4.69) is 254 Å². The molecule has 3 aliphatic carbocycles. The van der Waals surface area contributed by atoms with Crippen LogP contribution >= 0.6 is 11.3 Å². The van der Waals surface area contributed by atoms with Crippen LogP contribution in [-0.4, -0.2) is 0 Å². The molecule has 11 aromatic carbocycles. The van der Waals surface area contributed by atoms with E-state index in [1.54, 1.807) is 0 Å². The lowest BCUT2D eigenvalue weighted by Crippen LogP contribution is -2.28. The molecule has 0 N–H and O–H groups in total. The number of hydrogen-bond donors (Lipinski definition) is 0. The highest BCUT2D eigenvalue weighted by atomic mass is 32.1. The van der Waals surface area contributed by atoms with Crippen LogP contribution in [0.3, 0.4) is 0 Å². The van der Waals surface area contributed by atoms with Crippen LogP contribution < -0.4 is 4.90 Å². The Balaban J connectivity index is 1.00. The summed E-state index contributed by atoms with van der Waals surface area (Å²) in [6.07, 6.45) is 0. The first-order valence-corrected chi connectivity index (χ1v) is 25.4. The van der Waals surface area contributed by atoms with E-state index < -0.39 is 10.8 Å². The molecule has 0 amide bonds. The second-order valence-corrected chi connectivity index (χ2v) is 20.4. The van der Waals surface area contributed by atoms with Gasteiger partial charge in [-0.25, -0.2) is 0 Å². The Hall–Kier alpha value is -8.76. The van der Waals surface area contributed by atoms with Crippen LogP contribution in [0.25, 0.3) is 75.5 Å². The number of fused-ring (bicyclic) bond motifs is 20. The van der Waals surface area contributed by atoms with E-state index in [-0.39, 0.29) is 0 Å². The lowest BCUT2D eigenvalue weighted by Gasteiger charge is -2.33. The summed E-state index contributed by atoms with van der Waals surface area (Å²) in [4.78, 5) is 2.54. The topological polar surface area (TPSA) is 16.4 Å². The van der Waals surface area contributed by atoms with Gasteiger partial charge in [-0.15, -0.1) is 11.3 Å². The summed E-state index contributed by atoms with van der Waals surface area (Å²) < 4.78 is 9.92. The van der Waals surface area contributed by atoms with Gasteiger partial charge in [0.15, 0.2) is 0 Å². The molecule has 0 bridgehead atoms. The van der Waals surface area contributed by atoms with Gasteiger partial charge in [0.1, 0.15) is 11.2 Å². The minimum Gasteiger partial charge on any atom is -0.455 e. The van der Waals surface area contributed by atoms with Gasteiger partial charge in [-0.05, 0) is 103 Å². The van der Waals surface area contributed by atoms with Gasteiger partial charge in [-0.1, -0.05) is 212 Å². The number of rotatable bonds is 5. The minimum atomic E-state index is -0.540. The molecule has 0 aliphatic heterocycles. The van der Waals surface area contributed by atoms with Crippen molar-refractivity contribution in [3.8, 4) is 33.4 Å². The summed E-state index contributed by atoms with van der Waals surface area (Å²) in [5.41, 5.74) is 21.8. The Morgan fingerprint density at radius 1 is 0.338 bits per heavy atom. The zero-order valence-electron chi connectivity index (χ0n) is 38.4. The van der Waals surface area contributed by atoms with Crippen LogP contribution in [0.2, 0.25) is 0 Å². The Morgan fingerprint density at radius 3 is 1.55 bits per heavy atom. The van der Waals surface area contributed by atoms with Gasteiger partial charge in [0.2, 0.25) is 0 Å². The number of benzene rings is 11. The second-order valence-electron chi connectivity index (χ2n) is 19.3. The Kier molecular flexibility index (Phi) is 7.93. The molecule has 330 valence electrons. The normalized spacial score (nSPS) is 14.1. The Morgan fingerprint density at radius 2 is 0.845 bits per heavy atom. The third-order valence-corrected chi connectivity index (χ3v) is 17.3. The smallest absolute Gasteiger partial charge is 0.143 e. The molecule has 0 unspecified atom stereocenters. The summed E-state index contributed by atoms with van der Waals surface area (Å²) in [5, 5.41) is 4.75. The van der Waals surface area contributed by atoms with Crippen molar-refractivity contribution in [3.05, 3.63) is 293 Å². The average Bonchev–Trinajstić information content (AvgIpc) is 4.24. The summed E-state index contributed by atoms with van der Waals surface area (Å²) >= 11 is 1.86. The maximum Gasteiger partial charge on any atom is 0.143 e. The molecule has 71 heavy (non-hydrogen) atoms. The standard InChI is InChI=1S/C68H41NOS/c1-3-19-42(20-4-1)67(43-21-5-2-6-22-43)54-30-14-10-27-50(54)64-57(67)40-39-51-65-59(34-18-35-60(65)70-66(51)64)69(44-37-38-48-47-25-11-16-36-61(47)71-62(48)41-44)58-33-17-32-56-63(58)49-26-9-15-31-55(49)68(56)52-28-12-7-23-45(52)46-24-8-13-29-53(46)68/h1-41H. The van der Waals surface area contributed by atoms with Gasteiger partial charge in [-0.3, -0.25) is 0 Å². The number of anilines is 3. The van der Waals surface area contributed by atoms with E-state index in [9.17, 15) is 0 Å². The fraction of sp³-hybridized carbons (Fsp3) is 0.0294. The van der Waals surface area contributed by atoms with Crippen LogP contribution in [0.15, 0.2) is 253 Å². The Bertz CT molecular complexity index is 4280. The van der Waals surface area contributed by atoms with Crippen molar-refractivity contribution in [2.45, 2.75) is 10.8 Å². The molecule has 0 saturated heterocycles. The molecule has 13 aromatic rings. The van der Waals surface area contributed by atoms with E-state index in [0.29, 0.717) is 0 Å². The van der Waals surface area contributed by atoms with E-state index in [1.807, 2.05) is 11.3 Å².